The number of aldehydes is 1. The molecule has 1 atom stereocenters. The summed E-state index contributed by atoms with van der Waals surface area (Å²) >= 11 is 1.76. The summed E-state index contributed by atoms with van der Waals surface area (Å²) in [5, 5.41) is 2.10. The fourth-order valence-corrected chi connectivity index (χ4v) is 2.51. The molecule has 66 valence electrons. The molecule has 0 fully saturated rings. The Labute approximate surface area is 77.4 Å². The average Bonchev–Trinajstić information content (AvgIpc) is 2.47. The van der Waals surface area contributed by atoms with E-state index in [-0.39, 0.29) is 0 Å². The summed E-state index contributed by atoms with van der Waals surface area (Å²) in [7, 11) is 0. The number of hydrogen-bond acceptors (Lipinski definition) is 2. The zero-order valence-corrected chi connectivity index (χ0v) is 8.36. The van der Waals surface area contributed by atoms with Crippen LogP contribution in [-0.2, 0) is 4.79 Å². The van der Waals surface area contributed by atoms with Gasteiger partial charge in [0, 0.05) is 11.3 Å². The second-order valence-electron chi connectivity index (χ2n) is 2.98. The van der Waals surface area contributed by atoms with Gasteiger partial charge < -0.3 is 4.79 Å². The second-order valence-corrected chi connectivity index (χ2v) is 3.92. The fourth-order valence-electron chi connectivity index (χ4n) is 1.38. The SMILES string of the molecule is CCC(CC=O)c1sccc1C. The maximum atomic E-state index is 10.4. The Balaban J connectivity index is 2.78. The van der Waals surface area contributed by atoms with E-state index in [9.17, 15) is 4.79 Å². The van der Waals surface area contributed by atoms with Crippen LogP contribution in [0.1, 0.15) is 36.1 Å². The van der Waals surface area contributed by atoms with Gasteiger partial charge in [0.15, 0.2) is 0 Å². The van der Waals surface area contributed by atoms with Crippen molar-refractivity contribution in [3.05, 3.63) is 21.9 Å². The van der Waals surface area contributed by atoms with E-state index in [0.29, 0.717) is 12.3 Å². The standard InChI is InChI=1S/C10H14OS/c1-3-9(4-6-11)10-8(2)5-7-12-10/h5-7,9H,3-4H2,1-2H3. The third kappa shape index (κ3) is 1.95. The Hall–Kier alpha value is -0.630. The normalized spacial score (nSPS) is 12.8. The van der Waals surface area contributed by atoms with Gasteiger partial charge in [0.25, 0.3) is 0 Å². The molecule has 12 heavy (non-hydrogen) atoms. The molecule has 0 aliphatic rings. The molecule has 0 amide bonds. The van der Waals surface area contributed by atoms with Crippen molar-refractivity contribution in [3.8, 4) is 0 Å². The lowest BCUT2D eigenvalue weighted by atomic mass is 9.99. The van der Waals surface area contributed by atoms with E-state index in [0.717, 1.165) is 12.7 Å². The van der Waals surface area contributed by atoms with Gasteiger partial charge in [0.2, 0.25) is 0 Å². The quantitative estimate of drug-likeness (QED) is 0.654. The van der Waals surface area contributed by atoms with Crippen LogP contribution >= 0.6 is 11.3 Å². The van der Waals surface area contributed by atoms with Crippen molar-refractivity contribution in [1.82, 2.24) is 0 Å². The first-order valence-corrected chi connectivity index (χ1v) is 5.15. The molecule has 1 rings (SSSR count). The van der Waals surface area contributed by atoms with E-state index in [4.69, 9.17) is 0 Å². The third-order valence-electron chi connectivity index (χ3n) is 2.15. The van der Waals surface area contributed by atoms with Gasteiger partial charge in [-0.3, -0.25) is 0 Å². The highest BCUT2D eigenvalue weighted by Crippen LogP contribution is 2.29. The van der Waals surface area contributed by atoms with Gasteiger partial charge in [-0.05, 0) is 36.3 Å². The number of carbonyl (C=O) groups excluding carboxylic acids is 1. The van der Waals surface area contributed by atoms with Gasteiger partial charge in [-0.25, -0.2) is 0 Å². The molecule has 0 saturated heterocycles. The average molecular weight is 182 g/mol. The van der Waals surface area contributed by atoms with Crippen LogP contribution in [0.5, 0.6) is 0 Å². The van der Waals surface area contributed by atoms with Gasteiger partial charge in [0.1, 0.15) is 6.29 Å². The first-order chi connectivity index (χ1) is 5.79. The molecule has 1 nitrogen and oxygen atoms in total. The molecule has 0 aliphatic carbocycles. The molecule has 0 radical (unpaired) electrons. The molecule has 1 unspecified atom stereocenters. The van der Waals surface area contributed by atoms with Gasteiger partial charge in [-0.1, -0.05) is 6.92 Å². The van der Waals surface area contributed by atoms with E-state index in [2.05, 4.69) is 25.3 Å². The van der Waals surface area contributed by atoms with Gasteiger partial charge in [-0.15, -0.1) is 11.3 Å². The number of hydrogen-bond donors (Lipinski definition) is 0. The predicted octanol–water partition coefficient (Wildman–Crippen LogP) is 3.14. The molecule has 1 aromatic heterocycles. The van der Waals surface area contributed by atoms with E-state index < -0.39 is 0 Å². The van der Waals surface area contributed by atoms with E-state index in [1.807, 2.05) is 0 Å². The van der Waals surface area contributed by atoms with Crippen molar-refractivity contribution in [1.29, 1.82) is 0 Å². The smallest absolute Gasteiger partial charge is 0.120 e. The van der Waals surface area contributed by atoms with Crippen molar-refractivity contribution in [3.63, 3.8) is 0 Å². The molecule has 1 aromatic rings. The summed E-state index contributed by atoms with van der Waals surface area (Å²) < 4.78 is 0. The number of carbonyl (C=O) groups is 1. The molecule has 0 spiro atoms. The first-order valence-electron chi connectivity index (χ1n) is 4.27. The molecule has 0 saturated carbocycles. The first kappa shape index (κ1) is 9.46. The summed E-state index contributed by atoms with van der Waals surface area (Å²) in [5.74, 6) is 0.447. The van der Waals surface area contributed by atoms with Gasteiger partial charge >= 0.3 is 0 Å². The molecule has 0 aliphatic heterocycles. The maximum Gasteiger partial charge on any atom is 0.120 e. The monoisotopic (exact) mass is 182 g/mol. The van der Waals surface area contributed by atoms with Gasteiger partial charge in [0.05, 0.1) is 0 Å². The fraction of sp³-hybridized carbons (Fsp3) is 0.500. The Morgan fingerprint density at radius 3 is 2.83 bits per heavy atom. The Bertz CT molecular complexity index is 252. The Kier molecular flexibility index (Phi) is 3.48. The second kappa shape index (κ2) is 4.41. The molecular formula is C10H14OS. The van der Waals surface area contributed by atoms with E-state index >= 15 is 0 Å². The van der Waals surface area contributed by atoms with Crippen LogP contribution in [0.4, 0.5) is 0 Å². The zero-order chi connectivity index (χ0) is 8.97. The minimum atomic E-state index is 0.447. The molecule has 0 bridgehead atoms. The Morgan fingerprint density at radius 2 is 2.42 bits per heavy atom. The lowest BCUT2D eigenvalue weighted by Crippen LogP contribution is -1.96. The van der Waals surface area contributed by atoms with Crippen LogP contribution in [-0.4, -0.2) is 6.29 Å². The topological polar surface area (TPSA) is 17.1 Å². The van der Waals surface area contributed by atoms with Crippen LogP contribution in [0, 0.1) is 6.92 Å². The van der Waals surface area contributed by atoms with Crippen LogP contribution in [0.15, 0.2) is 11.4 Å². The van der Waals surface area contributed by atoms with E-state index in [1.54, 1.807) is 11.3 Å². The Morgan fingerprint density at radius 1 is 1.67 bits per heavy atom. The highest BCUT2D eigenvalue weighted by Gasteiger charge is 2.11. The van der Waals surface area contributed by atoms with Crippen LogP contribution in [0.3, 0.4) is 0 Å². The van der Waals surface area contributed by atoms with Crippen molar-refractivity contribution in [2.75, 3.05) is 0 Å². The summed E-state index contributed by atoms with van der Waals surface area (Å²) in [4.78, 5) is 11.8. The lowest BCUT2D eigenvalue weighted by Gasteiger charge is -2.09. The maximum absolute atomic E-state index is 10.4. The highest BCUT2D eigenvalue weighted by atomic mass is 32.1. The molecule has 0 aromatic carbocycles. The summed E-state index contributed by atoms with van der Waals surface area (Å²) in [5.41, 5.74) is 1.33. The lowest BCUT2D eigenvalue weighted by molar-refractivity contribution is -0.108. The number of rotatable bonds is 4. The summed E-state index contributed by atoms with van der Waals surface area (Å²) in [6.45, 7) is 4.24. The van der Waals surface area contributed by atoms with Crippen molar-refractivity contribution in [2.45, 2.75) is 32.6 Å². The largest absolute Gasteiger partial charge is 0.303 e. The van der Waals surface area contributed by atoms with Gasteiger partial charge in [-0.2, -0.15) is 0 Å². The zero-order valence-electron chi connectivity index (χ0n) is 7.54. The van der Waals surface area contributed by atoms with Crippen molar-refractivity contribution >= 4 is 17.6 Å². The highest BCUT2D eigenvalue weighted by molar-refractivity contribution is 7.10. The minimum Gasteiger partial charge on any atom is -0.303 e. The summed E-state index contributed by atoms with van der Waals surface area (Å²) in [6.07, 6.45) is 2.74. The van der Waals surface area contributed by atoms with Crippen molar-refractivity contribution < 1.29 is 4.79 Å². The van der Waals surface area contributed by atoms with Crippen LogP contribution < -0.4 is 0 Å². The molecule has 1 heterocycles. The van der Waals surface area contributed by atoms with E-state index in [1.165, 1.54) is 10.4 Å². The van der Waals surface area contributed by atoms with Crippen molar-refractivity contribution in [2.24, 2.45) is 0 Å². The molecule has 2 heteroatoms. The molecular weight excluding hydrogens is 168 g/mol. The predicted molar refractivity (Wildman–Crippen MR) is 52.8 cm³/mol. The molecule has 0 N–H and O–H groups in total. The number of thiophene rings is 1. The van der Waals surface area contributed by atoms with Crippen LogP contribution in [0.25, 0.3) is 0 Å². The summed E-state index contributed by atoms with van der Waals surface area (Å²) in [6, 6.07) is 2.12. The third-order valence-corrected chi connectivity index (χ3v) is 3.33. The minimum absolute atomic E-state index is 0.447. The van der Waals surface area contributed by atoms with Crippen LogP contribution in [0.2, 0.25) is 0 Å². The number of aryl methyl sites for hydroxylation is 1.